The maximum absolute atomic E-state index is 13.3. The van der Waals surface area contributed by atoms with Gasteiger partial charge in [-0.1, -0.05) is 48.0 Å². The van der Waals surface area contributed by atoms with Gasteiger partial charge in [-0.25, -0.2) is 14.6 Å². The fourth-order valence-corrected chi connectivity index (χ4v) is 5.62. The summed E-state index contributed by atoms with van der Waals surface area (Å²) in [6, 6.07) is 21.9. The molecule has 0 saturated carbocycles. The minimum Gasteiger partial charge on any atom is -0.382 e. The fourth-order valence-electron chi connectivity index (χ4n) is 5.44. The standard InChI is InChI=1S/C33H31ClN8O3/c1-20-29(33(45)42(40(20)2)26-8-4-7-24(34)16-26)32(44)38-25-11-9-22(10-12-25)30-31(35)37-17-27(39-30)23-6-3-5-21(15-23)18-41-14-13-36-28(43)19-41/h3-12,15-17H,13-14,18-19H2,1-2H3,(H2,35,37)(H,36,43)(H,38,44). The van der Waals surface area contributed by atoms with Gasteiger partial charge in [0, 0.05) is 48.5 Å². The van der Waals surface area contributed by atoms with Gasteiger partial charge in [0.25, 0.3) is 11.5 Å². The van der Waals surface area contributed by atoms with Crippen LogP contribution in [0.25, 0.3) is 28.2 Å². The smallest absolute Gasteiger partial charge is 0.284 e. The van der Waals surface area contributed by atoms with Crippen LogP contribution in [0.5, 0.6) is 0 Å². The number of hydrogen-bond acceptors (Lipinski definition) is 7. The second-order valence-corrected chi connectivity index (χ2v) is 11.3. The molecule has 2 amide bonds. The van der Waals surface area contributed by atoms with Crippen molar-refractivity contribution in [3.63, 3.8) is 0 Å². The lowest BCUT2D eigenvalue weighted by atomic mass is 10.1. The van der Waals surface area contributed by atoms with Crippen molar-refractivity contribution in [2.75, 3.05) is 30.7 Å². The van der Waals surface area contributed by atoms with E-state index in [4.69, 9.17) is 22.3 Å². The van der Waals surface area contributed by atoms with E-state index in [2.05, 4.69) is 20.5 Å². The average molecular weight is 623 g/mol. The highest BCUT2D eigenvalue weighted by molar-refractivity contribution is 6.30. The maximum Gasteiger partial charge on any atom is 0.284 e. The predicted octanol–water partition coefficient (Wildman–Crippen LogP) is 4.03. The molecular weight excluding hydrogens is 592 g/mol. The Morgan fingerprint density at radius 1 is 1.04 bits per heavy atom. The van der Waals surface area contributed by atoms with Crippen molar-refractivity contribution >= 4 is 34.9 Å². The molecule has 0 bridgehead atoms. The van der Waals surface area contributed by atoms with Gasteiger partial charge in [-0.15, -0.1) is 0 Å². The minimum absolute atomic E-state index is 0.0318. The van der Waals surface area contributed by atoms with E-state index in [1.807, 2.05) is 24.3 Å². The summed E-state index contributed by atoms with van der Waals surface area (Å²) >= 11 is 6.13. The number of hydrogen-bond donors (Lipinski definition) is 3. The number of rotatable bonds is 7. The third-order valence-corrected chi connectivity index (χ3v) is 8.03. The Morgan fingerprint density at radius 3 is 2.58 bits per heavy atom. The molecule has 0 unspecified atom stereocenters. The van der Waals surface area contributed by atoms with E-state index in [-0.39, 0.29) is 17.3 Å². The molecule has 1 fully saturated rings. The number of halogens is 1. The summed E-state index contributed by atoms with van der Waals surface area (Å²) in [5, 5.41) is 6.16. The molecule has 2 aromatic heterocycles. The molecule has 228 valence electrons. The number of nitrogen functional groups attached to an aromatic ring is 1. The third-order valence-electron chi connectivity index (χ3n) is 7.80. The SMILES string of the molecule is Cc1c(C(=O)Nc2ccc(-c3nc(-c4cccc(CN5CCNC(=O)C5)c4)cnc3N)cc2)c(=O)n(-c2cccc(Cl)c2)n1C. The largest absolute Gasteiger partial charge is 0.382 e. The molecule has 1 aliphatic rings. The summed E-state index contributed by atoms with van der Waals surface area (Å²) in [5.41, 5.74) is 11.2. The highest BCUT2D eigenvalue weighted by Crippen LogP contribution is 2.28. The predicted molar refractivity (Wildman–Crippen MR) is 174 cm³/mol. The van der Waals surface area contributed by atoms with E-state index in [1.165, 1.54) is 4.68 Å². The second-order valence-electron chi connectivity index (χ2n) is 10.9. The van der Waals surface area contributed by atoms with Gasteiger partial charge in [0.1, 0.15) is 17.1 Å². The van der Waals surface area contributed by atoms with Crippen molar-refractivity contribution in [3.05, 3.63) is 111 Å². The Kier molecular flexibility index (Phi) is 8.20. The lowest BCUT2D eigenvalue weighted by molar-refractivity contribution is -0.124. The van der Waals surface area contributed by atoms with Gasteiger partial charge in [-0.2, -0.15) is 0 Å². The zero-order chi connectivity index (χ0) is 31.7. The summed E-state index contributed by atoms with van der Waals surface area (Å²) in [5.74, 6) is -0.218. The molecule has 4 N–H and O–H groups in total. The third kappa shape index (κ3) is 6.21. The summed E-state index contributed by atoms with van der Waals surface area (Å²) in [6.07, 6.45) is 1.64. The Hall–Kier alpha value is -5.26. The van der Waals surface area contributed by atoms with Crippen LogP contribution in [-0.4, -0.2) is 55.7 Å². The quantitative estimate of drug-likeness (QED) is 0.249. The maximum atomic E-state index is 13.3. The first-order chi connectivity index (χ1) is 21.7. The molecule has 12 heteroatoms. The molecule has 3 heterocycles. The first-order valence-electron chi connectivity index (χ1n) is 14.3. The van der Waals surface area contributed by atoms with Crippen molar-refractivity contribution < 1.29 is 9.59 Å². The van der Waals surface area contributed by atoms with Crippen molar-refractivity contribution in [3.8, 4) is 28.2 Å². The second kappa shape index (κ2) is 12.4. The highest BCUT2D eigenvalue weighted by Gasteiger charge is 2.23. The van der Waals surface area contributed by atoms with Gasteiger partial charge >= 0.3 is 0 Å². The number of aromatic nitrogens is 4. The van der Waals surface area contributed by atoms with Gasteiger partial charge in [0.15, 0.2) is 0 Å². The Labute approximate surface area is 264 Å². The van der Waals surface area contributed by atoms with Gasteiger partial charge < -0.3 is 16.4 Å². The van der Waals surface area contributed by atoms with Crippen molar-refractivity contribution in [2.24, 2.45) is 7.05 Å². The van der Waals surface area contributed by atoms with Crippen molar-refractivity contribution in [1.82, 2.24) is 29.5 Å². The summed E-state index contributed by atoms with van der Waals surface area (Å²) in [7, 11) is 1.72. The lowest BCUT2D eigenvalue weighted by Gasteiger charge is -2.26. The molecule has 0 radical (unpaired) electrons. The first kappa shape index (κ1) is 29.8. The molecule has 1 saturated heterocycles. The van der Waals surface area contributed by atoms with Crippen LogP contribution in [0.4, 0.5) is 11.5 Å². The molecule has 45 heavy (non-hydrogen) atoms. The Bertz CT molecular complexity index is 1980. The van der Waals surface area contributed by atoms with Crippen LogP contribution in [-0.2, 0) is 18.4 Å². The number of benzene rings is 3. The number of nitrogens with zero attached hydrogens (tertiary/aromatic N) is 5. The fraction of sp³-hybridized carbons (Fsp3) is 0.182. The molecule has 11 nitrogen and oxygen atoms in total. The molecular formula is C33H31ClN8O3. The van der Waals surface area contributed by atoms with Gasteiger partial charge in [-0.3, -0.25) is 24.0 Å². The molecule has 1 aliphatic heterocycles. The number of amides is 2. The van der Waals surface area contributed by atoms with Crippen LogP contribution in [0.15, 0.2) is 83.8 Å². The van der Waals surface area contributed by atoms with E-state index in [0.717, 1.165) is 23.2 Å². The lowest BCUT2D eigenvalue weighted by Crippen LogP contribution is -2.47. The number of carbonyl (C=O) groups is 2. The van der Waals surface area contributed by atoms with Crippen LogP contribution in [0.1, 0.15) is 21.6 Å². The number of anilines is 2. The number of piperazine rings is 1. The molecule has 5 aromatic rings. The van der Waals surface area contributed by atoms with Gasteiger partial charge in [-0.05, 0) is 48.9 Å². The topological polar surface area (TPSA) is 140 Å². The van der Waals surface area contributed by atoms with E-state index < -0.39 is 11.5 Å². The van der Waals surface area contributed by atoms with E-state index in [0.29, 0.717) is 53.1 Å². The van der Waals surface area contributed by atoms with E-state index >= 15 is 0 Å². The number of carbonyl (C=O) groups excluding carboxylic acids is 2. The Balaban J connectivity index is 1.21. The van der Waals surface area contributed by atoms with Crippen molar-refractivity contribution in [2.45, 2.75) is 13.5 Å². The van der Waals surface area contributed by atoms with Crippen LogP contribution < -0.4 is 21.9 Å². The first-order valence-corrected chi connectivity index (χ1v) is 14.7. The normalized spacial score (nSPS) is 13.4. The molecule has 6 rings (SSSR count). The number of nitrogens with two attached hydrogens (primary N) is 1. The number of nitrogens with one attached hydrogen (secondary N) is 2. The Morgan fingerprint density at radius 2 is 1.82 bits per heavy atom. The van der Waals surface area contributed by atoms with E-state index in [1.54, 1.807) is 73.4 Å². The molecule has 0 spiro atoms. The van der Waals surface area contributed by atoms with Crippen LogP contribution in [0.3, 0.4) is 0 Å². The summed E-state index contributed by atoms with van der Waals surface area (Å²) in [4.78, 5) is 49.7. The van der Waals surface area contributed by atoms with Crippen molar-refractivity contribution in [1.29, 1.82) is 0 Å². The van der Waals surface area contributed by atoms with Crippen LogP contribution in [0.2, 0.25) is 5.02 Å². The van der Waals surface area contributed by atoms with Gasteiger partial charge in [0.2, 0.25) is 5.91 Å². The average Bonchev–Trinajstić information content (AvgIpc) is 3.25. The van der Waals surface area contributed by atoms with Crippen LogP contribution >= 0.6 is 11.6 Å². The summed E-state index contributed by atoms with van der Waals surface area (Å²) in [6.45, 7) is 4.18. The zero-order valence-corrected chi connectivity index (χ0v) is 25.5. The molecule has 3 aromatic carbocycles. The highest BCUT2D eigenvalue weighted by atomic mass is 35.5. The monoisotopic (exact) mass is 622 g/mol. The van der Waals surface area contributed by atoms with Crippen LogP contribution in [0, 0.1) is 6.92 Å². The minimum atomic E-state index is -0.520. The van der Waals surface area contributed by atoms with E-state index in [9.17, 15) is 14.4 Å². The molecule has 0 aliphatic carbocycles. The van der Waals surface area contributed by atoms with Gasteiger partial charge in [0.05, 0.1) is 29.8 Å². The summed E-state index contributed by atoms with van der Waals surface area (Å²) < 4.78 is 3.04. The molecule has 0 atom stereocenters. The zero-order valence-electron chi connectivity index (χ0n) is 24.8.